The predicted molar refractivity (Wildman–Crippen MR) is 85.9 cm³/mol. The van der Waals surface area contributed by atoms with Crippen molar-refractivity contribution in [3.8, 4) is 5.69 Å². The molecule has 0 radical (unpaired) electrons. The second-order valence-electron chi connectivity index (χ2n) is 4.80. The number of benzene rings is 2. The van der Waals surface area contributed by atoms with Crippen molar-refractivity contribution in [2.24, 2.45) is 0 Å². The first-order valence-electron chi connectivity index (χ1n) is 7.00. The zero-order valence-electron chi connectivity index (χ0n) is 11.9. The highest BCUT2D eigenvalue weighted by Crippen LogP contribution is 2.08. The van der Waals surface area contributed by atoms with Gasteiger partial charge in [-0.15, -0.1) is 0 Å². The molecule has 0 saturated carbocycles. The molecule has 0 aliphatic rings. The Labute approximate surface area is 128 Å². The molecular formula is C17H16N4O. The first-order valence-corrected chi connectivity index (χ1v) is 7.00. The zero-order chi connectivity index (χ0) is 15.2. The first kappa shape index (κ1) is 13.9. The molecule has 0 bridgehead atoms. The zero-order valence-corrected chi connectivity index (χ0v) is 11.9. The number of hydrogen-bond donors (Lipinski definition) is 2. The Morgan fingerprint density at radius 3 is 2.41 bits per heavy atom. The molecule has 5 nitrogen and oxygen atoms in total. The lowest BCUT2D eigenvalue weighted by atomic mass is 10.3. The van der Waals surface area contributed by atoms with Crippen LogP contribution in [0.1, 0.15) is 5.56 Å². The number of amides is 2. The van der Waals surface area contributed by atoms with Gasteiger partial charge in [-0.2, -0.15) is 5.10 Å². The summed E-state index contributed by atoms with van der Waals surface area (Å²) >= 11 is 0. The Hall–Kier alpha value is -3.08. The number of carbonyl (C=O) groups is 1. The predicted octanol–water partition coefficient (Wildman–Crippen LogP) is 3.19. The van der Waals surface area contributed by atoms with Gasteiger partial charge in [0.05, 0.1) is 11.9 Å². The molecule has 0 unspecified atom stereocenters. The number of anilines is 1. The van der Waals surface area contributed by atoms with Crippen LogP contribution in [0.4, 0.5) is 10.5 Å². The molecule has 22 heavy (non-hydrogen) atoms. The molecule has 1 heterocycles. The molecular weight excluding hydrogens is 276 g/mol. The van der Waals surface area contributed by atoms with Crippen molar-refractivity contribution >= 4 is 11.7 Å². The van der Waals surface area contributed by atoms with Crippen molar-refractivity contribution in [1.29, 1.82) is 0 Å². The van der Waals surface area contributed by atoms with Crippen LogP contribution in [0.15, 0.2) is 73.1 Å². The molecule has 1 aromatic heterocycles. The van der Waals surface area contributed by atoms with Gasteiger partial charge in [0.15, 0.2) is 0 Å². The summed E-state index contributed by atoms with van der Waals surface area (Å²) in [6, 6.07) is 18.9. The molecule has 0 spiro atoms. The number of rotatable bonds is 4. The van der Waals surface area contributed by atoms with Gasteiger partial charge in [-0.25, -0.2) is 9.48 Å². The molecule has 2 N–H and O–H groups in total. The van der Waals surface area contributed by atoms with Crippen LogP contribution in [0, 0.1) is 0 Å². The fraction of sp³-hybridized carbons (Fsp3) is 0.0588. The summed E-state index contributed by atoms with van der Waals surface area (Å²) in [6.45, 7) is 0.422. The average Bonchev–Trinajstić information content (AvgIpc) is 3.04. The minimum Gasteiger partial charge on any atom is -0.334 e. The molecule has 0 aliphatic carbocycles. The number of nitrogens with one attached hydrogen (secondary N) is 2. The van der Waals surface area contributed by atoms with E-state index in [-0.39, 0.29) is 6.03 Å². The molecule has 0 aliphatic heterocycles. The maximum Gasteiger partial charge on any atom is 0.319 e. The van der Waals surface area contributed by atoms with Gasteiger partial charge in [0, 0.05) is 24.0 Å². The number of para-hydroxylation sites is 2. The van der Waals surface area contributed by atoms with Gasteiger partial charge in [-0.1, -0.05) is 36.4 Å². The van der Waals surface area contributed by atoms with Gasteiger partial charge in [-0.05, 0) is 24.3 Å². The highest BCUT2D eigenvalue weighted by Gasteiger charge is 2.04. The molecule has 0 saturated heterocycles. The van der Waals surface area contributed by atoms with E-state index in [1.807, 2.05) is 66.9 Å². The Kier molecular flexibility index (Phi) is 4.15. The van der Waals surface area contributed by atoms with E-state index < -0.39 is 0 Å². The van der Waals surface area contributed by atoms with Crippen LogP contribution in [-0.2, 0) is 6.54 Å². The van der Waals surface area contributed by atoms with E-state index in [0.717, 1.165) is 16.9 Å². The van der Waals surface area contributed by atoms with Crippen molar-refractivity contribution in [1.82, 2.24) is 15.1 Å². The van der Waals surface area contributed by atoms with Gasteiger partial charge < -0.3 is 10.6 Å². The summed E-state index contributed by atoms with van der Waals surface area (Å²) in [5, 5.41) is 9.88. The second kappa shape index (κ2) is 6.58. The smallest absolute Gasteiger partial charge is 0.319 e. The third-order valence-corrected chi connectivity index (χ3v) is 3.14. The molecule has 3 rings (SSSR count). The molecule has 5 heteroatoms. The van der Waals surface area contributed by atoms with E-state index in [4.69, 9.17) is 0 Å². The van der Waals surface area contributed by atoms with Crippen LogP contribution < -0.4 is 10.6 Å². The molecule has 2 aromatic carbocycles. The Balaban J connectivity index is 1.56. The second-order valence-corrected chi connectivity index (χ2v) is 4.80. The first-order chi connectivity index (χ1) is 10.8. The Bertz CT molecular complexity index is 738. The summed E-state index contributed by atoms with van der Waals surface area (Å²) in [6.07, 6.45) is 3.65. The van der Waals surface area contributed by atoms with Crippen LogP contribution in [-0.4, -0.2) is 15.8 Å². The summed E-state index contributed by atoms with van der Waals surface area (Å²) in [5.74, 6) is 0. The highest BCUT2D eigenvalue weighted by atomic mass is 16.2. The highest BCUT2D eigenvalue weighted by molar-refractivity contribution is 5.89. The number of carbonyl (C=O) groups excluding carboxylic acids is 1. The van der Waals surface area contributed by atoms with Gasteiger partial charge in [0.25, 0.3) is 0 Å². The molecule has 3 aromatic rings. The quantitative estimate of drug-likeness (QED) is 0.776. The van der Waals surface area contributed by atoms with Crippen LogP contribution in [0.2, 0.25) is 0 Å². The van der Waals surface area contributed by atoms with Crippen molar-refractivity contribution < 1.29 is 4.79 Å². The fourth-order valence-electron chi connectivity index (χ4n) is 2.05. The van der Waals surface area contributed by atoms with Crippen LogP contribution in [0.3, 0.4) is 0 Å². The Morgan fingerprint density at radius 1 is 1.00 bits per heavy atom. The van der Waals surface area contributed by atoms with Crippen LogP contribution in [0.25, 0.3) is 5.69 Å². The van der Waals surface area contributed by atoms with E-state index in [1.54, 1.807) is 10.9 Å². The van der Waals surface area contributed by atoms with Gasteiger partial charge in [-0.3, -0.25) is 0 Å². The van der Waals surface area contributed by atoms with E-state index in [2.05, 4.69) is 15.7 Å². The third kappa shape index (κ3) is 3.52. The summed E-state index contributed by atoms with van der Waals surface area (Å²) < 4.78 is 1.78. The third-order valence-electron chi connectivity index (χ3n) is 3.14. The SMILES string of the molecule is O=C(NCc1cnn(-c2ccccc2)c1)Nc1ccccc1. The van der Waals surface area contributed by atoms with E-state index in [1.165, 1.54) is 0 Å². The monoisotopic (exact) mass is 292 g/mol. The van der Waals surface area contributed by atoms with E-state index >= 15 is 0 Å². The maximum atomic E-state index is 11.8. The molecule has 2 amide bonds. The lowest BCUT2D eigenvalue weighted by molar-refractivity contribution is 0.251. The van der Waals surface area contributed by atoms with Crippen LogP contribution >= 0.6 is 0 Å². The molecule has 0 atom stereocenters. The fourth-order valence-corrected chi connectivity index (χ4v) is 2.05. The summed E-state index contributed by atoms with van der Waals surface area (Å²) in [5.41, 5.74) is 2.69. The molecule has 110 valence electrons. The average molecular weight is 292 g/mol. The summed E-state index contributed by atoms with van der Waals surface area (Å²) in [7, 11) is 0. The molecule has 0 fully saturated rings. The lowest BCUT2D eigenvalue weighted by Gasteiger charge is -2.06. The number of aromatic nitrogens is 2. The minimum absolute atomic E-state index is 0.237. The van der Waals surface area contributed by atoms with Gasteiger partial charge in [0.1, 0.15) is 0 Å². The lowest BCUT2D eigenvalue weighted by Crippen LogP contribution is -2.27. The van der Waals surface area contributed by atoms with Crippen molar-refractivity contribution in [3.05, 3.63) is 78.6 Å². The van der Waals surface area contributed by atoms with Gasteiger partial charge >= 0.3 is 6.03 Å². The number of urea groups is 1. The topological polar surface area (TPSA) is 59.0 Å². The van der Waals surface area contributed by atoms with Crippen molar-refractivity contribution in [2.75, 3.05) is 5.32 Å². The standard InChI is InChI=1S/C17H16N4O/c22-17(20-15-7-3-1-4-8-15)18-11-14-12-19-21(13-14)16-9-5-2-6-10-16/h1-10,12-13H,11H2,(H2,18,20,22). The van der Waals surface area contributed by atoms with E-state index in [9.17, 15) is 4.79 Å². The van der Waals surface area contributed by atoms with Crippen molar-refractivity contribution in [2.45, 2.75) is 6.54 Å². The number of hydrogen-bond acceptors (Lipinski definition) is 2. The Morgan fingerprint density at radius 2 is 1.68 bits per heavy atom. The van der Waals surface area contributed by atoms with Crippen molar-refractivity contribution in [3.63, 3.8) is 0 Å². The summed E-state index contributed by atoms with van der Waals surface area (Å²) in [4.78, 5) is 11.8. The largest absolute Gasteiger partial charge is 0.334 e. The minimum atomic E-state index is -0.237. The van der Waals surface area contributed by atoms with E-state index in [0.29, 0.717) is 6.54 Å². The maximum absolute atomic E-state index is 11.8. The normalized spacial score (nSPS) is 10.2. The number of nitrogens with zero attached hydrogens (tertiary/aromatic N) is 2. The van der Waals surface area contributed by atoms with Gasteiger partial charge in [0.2, 0.25) is 0 Å². The van der Waals surface area contributed by atoms with Crippen LogP contribution in [0.5, 0.6) is 0 Å².